The van der Waals surface area contributed by atoms with Crippen LogP contribution in [0.3, 0.4) is 0 Å². The van der Waals surface area contributed by atoms with E-state index in [1.807, 2.05) is 32.4 Å². The van der Waals surface area contributed by atoms with Crippen molar-refractivity contribution in [3.05, 3.63) is 23.4 Å². The second kappa shape index (κ2) is 3.12. The molecule has 5 heteroatoms. The minimum Gasteiger partial charge on any atom is -0.394 e. The second-order valence-corrected chi connectivity index (χ2v) is 3.73. The number of aryl methyl sites for hydroxylation is 3. The molecule has 0 aliphatic heterocycles. The van der Waals surface area contributed by atoms with Crippen molar-refractivity contribution < 1.29 is 0 Å². The van der Waals surface area contributed by atoms with E-state index in [4.69, 9.17) is 5.73 Å². The standard InChI is InChI=1S/C10H15N5/c1-6-8(3)15(5-12-6)10-9(11)7(2)13-14(10)4/h5H,11H2,1-4H3. The number of anilines is 1. The van der Waals surface area contributed by atoms with Crippen molar-refractivity contribution in [2.75, 3.05) is 5.73 Å². The van der Waals surface area contributed by atoms with Gasteiger partial charge in [0.15, 0.2) is 5.82 Å². The summed E-state index contributed by atoms with van der Waals surface area (Å²) in [5.74, 6) is 0.880. The molecule has 0 radical (unpaired) electrons. The molecule has 0 unspecified atom stereocenters. The molecule has 0 atom stereocenters. The van der Waals surface area contributed by atoms with Crippen molar-refractivity contribution in [1.29, 1.82) is 0 Å². The van der Waals surface area contributed by atoms with Crippen LogP contribution in [-0.4, -0.2) is 19.3 Å². The highest BCUT2D eigenvalue weighted by atomic mass is 15.3. The molecule has 2 aromatic heterocycles. The minimum absolute atomic E-state index is 0.706. The third-order valence-electron chi connectivity index (χ3n) is 2.72. The summed E-state index contributed by atoms with van der Waals surface area (Å²) in [6.07, 6.45) is 1.78. The Kier molecular flexibility index (Phi) is 2.03. The van der Waals surface area contributed by atoms with Gasteiger partial charge in [-0.05, 0) is 20.8 Å². The third kappa shape index (κ3) is 1.31. The monoisotopic (exact) mass is 205 g/mol. The molecule has 15 heavy (non-hydrogen) atoms. The Bertz CT molecular complexity index is 506. The second-order valence-electron chi connectivity index (χ2n) is 3.73. The van der Waals surface area contributed by atoms with Gasteiger partial charge in [0.25, 0.3) is 0 Å². The van der Waals surface area contributed by atoms with Crippen LogP contribution in [-0.2, 0) is 7.05 Å². The Morgan fingerprint density at radius 2 is 1.87 bits per heavy atom. The predicted octanol–water partition coefficient (Wildman–Crippen LogP) is 1.11. The summed E-state index contributed by atoms with van der Waals surface area (Å²) in [7, 11) is 1.88. The summed E-state index contributed by atoms with van der Waals surface area (Å²) in [5, 5.41) is 4.28. The number of nitrogens with zero attached hydrogens (tertiary/aromatic N) is 4. The van der Waals surface area contributed by atoms with E-state index in [1.165, 1.54) is 0 Å². The molecule has 0 aliphatic rings. The van der Waals surface area contributed by atoms with E-state index in [0.29, 0.717) is 5.69 Å². The first-order chi connectivity index (χ1) is 7.02. The molecular formula is C10H15N5. The van der Waals surface area contributed by atoms with Gasteiger partial charge in [0.05, 0.1) is 17.1 Å². The lowest BCUT2D eigenvalue weighted by molar-refractivity contribution is 0.717. The van der Waals surface area contributed by atoms with Crippen LogP contribution in [0.1, 0.15) is 17.1 Å². The summed E-state index contributed by atoms with van der Waals surface area (Å²) in [6.45, 7) is 5.90. The number of nitrogens with two attached hydrogens (primary N) is 1. The van der Waals surface area contributed by atoms with Gasteiger partial charge in [0.1, 0.15) is 6.33 Å². The van der Waals surface area contributed by atoms with Crippen LogP contribution in [0.25, 0.3) is 5.82 Å². The summed E-state index contributed by atoms with van der Waals surface area (Å²) in [6, 6.07) is 0. The van der Waals surface area contributed by atoms with Gasteiger partial charge in [-0.3, -0.25) is 4.57 Å². The highest BCUT2D eigenvalue weighted by Crippen LogP contribution is 2.22. The third-order valence-corrected chi connectivity index (χ3v) is 2.72. The van der Waals surface area contributed by atoms with E-state index < -0.39 is 0 Å². The van der Waals surface area contributed by atoms with E-state index >= 15 is 0 Å². The smallest absolute Gasteiger partial charge is 0.160 e. The van der Waals surface area contributed by atoms with E-state index in [0.717, 1.165) is 22.9 Å². The summed E-state index contributed by atoms with van der Waals surface area (Å²) in [4.78, 5) is 4.25. The molecule has 2 rings (SSSR count). The molecule has 0 amide bonds. The van der Waals surface area contributed by atoms with Gasteiger partial charge >= 0.3 is 0 Å². The Hall–Kier alpha value is -1.78. The van der Waals surface area contributed by atoms with Crippen molar-refractivity contribution >= 4 is 5.69 Å². The highest BCUT2D eigenvalue weighted by molar-refractivity contribution is 5.57. The molecular weight excluding hydrogens is 190 g/mol. The zero-order chi connectivity index (χ0) is 11.2. The van der Waals surface area contributed by atoms with Crippen molar-refractivity contribution in [3.63, 3.8) is 0 Å². The van der Waals surface area contributed by atoms with Gasteiger partial charge in [-0.15, -0.1) is 0 Å². The Balaban J connectivity index is 2.68. The summed E-state index contributed by atoms with van der Waals surface area (Å²) < 4.78 is 3.74. The molecule has 0 aromatic carbocycles. The van der Waals surface area contributed by atoms with Crippen LogP contribution in [0, 0.1) is 20.8 Å². The van der Waals surface area contributed by atoms with Gasteiger partial charge in [-0.2, -0.15) is 5.10 Å². The predicted molar refractivity (Wildman–Crippen MR) is 59.0 cm³/mol. The average Bonchev–Trinajstić information content (AvgIpc) is 2.60. The first kappa shape index (κ1) is 9.76. The van der Waals surface area contributed by atoms with E-state index in [-0.39, 0.29) is 0 Å². The van der Waals surface area contributed by atoms with Gasteiger partial charge < -0.3 is 5.73 Å². The summed E-state index contributed by atoms with van der Waals surface area (Å²) >= 11 is 0. The molecule has 0 bridgehead atoms. The Morgan fingerprint density at radius 1 is 1.20 bits per heavy atom. The maximum absolute atomic E-state index is 5.98. The van der Waals surface area contributed by atoms with E-state index in [1.54, 1.807) is 11.0 Å². The van der Waals surface area contributed by atoms with Gasteiger partial charge in [-0.25, -0.2) is 9.67 Å². The lowest BCUT2D eigenvalue weighted by atomic mass is 10.3. The number of aromatic nitrogens is 4. The first-order valence-corrected chi connectivity index (χ1v) is 4.82. The fraction of sp³-hybridized carbons (Fsp3) is 0.400. The van der Waals surface area contributed by atoms with Crippen molar-refractivity contribution in [2.24, 2.45) is 7.05 Å². The number of imidazole rings is 1. The van der Waals surface area contributed by atoms with E-state index in [2.05, 4.69) is 10.1 Å². The maximum atomic E-state index is 5.98. The van der Waals surface area contributed by atoms with Crippen LogP contribution < -0.4 is 5.73 Å². The highest BCUT2D eigenvalue weighted by Gasteiger charge is 2.14. The molecule has 0 saturated heterocycles. The number of hydrogen-bond acceptors (Lipinski definition) is 3. The molecule has 2 aromatic rings. The van der Waals surface area contributed by atoms with Crippen molar-refractivity contribution in [2.45, 2.75) is 20.8 Å². The average molecular weight is 205 g/mol. The van der Waals surface area contributed by atoms with Crippen LogP contribution in [0.5, 0.6) is 0 Å². The lowest BCUT2D eigenvalue weighted by Gasteiger charge is -2.06. The molecule has 5 nitrogen and oxygen atoms in total. The zero-order valence-corrected chi connectivity index (χ0v) is 9.44. The molecule has 0 spiro atoms. The fourth-order valence-electron chi connectivity index (χ4n) is 1.66. The number of nitrogen functional groups attached to an aromatic ring is 1. The molecule has 2 heterocycles. The normalized spacial score (nSPS) is 10.9. The fourth-order valence-corrected chi connectivity index (χ4v) is 1.66. The number of rotatable bonds is 1. The molecule has 0 saturated carbocycles. The zero-order valence-electron chi connectivity index (χ0n) is 9.44. The van der Waals surface area contributed by atoms with Crippen molar-refractivity contribution in [3.8, 4) is 5.82 Å². The van der Waals surface area contributed by atoms with Crippen LogP contribution >= 0.6 is 0 Å². The Labute approximate surface area is 88.5 Å². The largest absolute Gasteiger partial charge is 0.394 e. The van der Waals surface area contributed by atoms with Gasteiger partial charge in [0.2, 0.25) is 0 Å². The van der Waals surface area contributed by atoms with Crippen LogP contribution in [0.15, 0.2) is 6.33 Å². The van der Waals surface area contributed by atoms with Crippen molar-refractivity contribution in [1.82, 2.24) is 19.3 Å². The van der Waals surface area contributed by atoms with Gasteiger partial charge in [0, 0.05) is 12.7 Å². The van der Waals surface area contributed by atoms with Crippen LogP contribution in [0.4, 0.5) is 5.69 Å². The first-order valence-electron chi connectivity index (χ1n) is 4.82. The maximum Gasteiger partial charge on any atom is 0.160 e. The molecule has 2 N–H and O–H groups in total. The number of hydrogen-bond donors (Lipinski definition) is 1. The lowest BCUT2D eigenvalue weighted by Crippen LogP contribution is -2.05. The minimum atomic E-state index is 0.706. The topological polar surface area (TPSA) is 61.7 Å². The van der Waals surface area contributed by atoms with Crippen LogP contribution in [0.2, 0.25) is 0 Å². The van der Waals surface area contributed by atoms with E-state index in [9.17, 15) is 0 Å². The summed E-state index contributed by atoms with van der Waals surface area (Å²) in [5.41, 5.74) is 9.63. The Morgan fingerprint density at radius 3 is 2.27 bits per heavy atom. The molecule has 0 aliphatic carbocycles. The van der Waals surface area contributed by atoms with Gasteiger partial charge in [-0.1, -0.05) is 0 Å². The SMILES string of the molecule is Cc1nn(C)c(-n2cnc(C)c2C)c1N. The molecule has 0 fully saturated rings. The quantitative estimate of drug-likeness (QED) is 0.758. The molecule has 80 valence electrons.